The van der Waals surface area contributed by atoms with E-state index < -0.39 is 5.97 Å². The second-order valence-electron chi connectivity index (χ2n) is 3.19. The van der Waals surface area contributed by atoms with E-state index in [0.29, 0.717) is 5.56 Å². The average molecular weight is 194 g/mol. The summed E-state index contributed by atoms with van der Waals surface area (Å²) in [5, 5.41) is 8.62. The van der Waals surface area contributed by atoms with Crippen LogP contribution in [0.15, 0.2) is 23.8 Å². The van der Waals surface area contributed by atoms with E-state index in [4.69, 9.17) is 5.11 Å². The standard InChI is InChI=1S/C11H11FO2/c1-7-3-9(6-10(12)4-7)5-8(2)11(13)14/h3-6H,1-2H3,(H,13,14)/b8-5+. The van der Waals surface area contributed by atoms with Gasteiger partial charge in [0.25, 0.3) is 0 Å². The molecule has 14 heavy (non-hydrogen) atoms. The van der Waals surface area contributed by atoms with Gasteiger partial charge >= 0.3 is 5.97 Å². The highest BCUT2D eigenvalue weighted by Crippen LogP contribution is 2.12. The zero-order chi connectivity index (χ0) is 10.7. The van der Waals surface area contributed by atoms with E-state index >= 15 is 0 Å². The number of carboxylic acids is 1. The normalized spacial score (nSPS) is 11.5. The molecule has 0 radical (unpaired) electrons. The van der Waals surface area contributed by atoms with Crippen molar-refractivity contribution in [1.82, 2.24) is 0 Å². The van der Waals surface area contributed by atoms with Gasteiger partial charge in [-0.1, -0.05) is 6.07 Å². The molecule has 1 rings (SSSR count). The van der Waals surface area contributed by atoms with Gasteiger partial charge in [0.2, 0.25) is 0 Å². The predicted octanol–water partition coefficient (Wildman–Crippen LogP) is 2.62. The van der Waals surface area contributed by atoms with Crippen molar-refractivity contribution in [2.24, 2.45) is 0 Å². The minimum Gasteiger partial charge on any atom is -0.478 e. The average Bonchev–Trinajstić information content (AvgIpc) is 2.01. The summed E-state index contributed by atoms with van der Waals surface area (Å²) in [5.74, 6) is -1.35. The van der Waals surface area contributed by atoms with Crippen LogP contribution in [0.4, 0.5) is 4.39 Å². The lowest BCUT2D eigenvalue weighted by Gasteiger charge is -1.98. The first kappa shape index (κ1) is 10.4. The predicted molar refractivity (Wildman–Crippen MR) is 52.4 cm³/mol. The summed E-state index contributed by atoms with van der Waals surface area (Å²) in [6.45, 7) is 3.24. The lowest BCUT2D eigenvalue weighted by molar-refractivity contribution is -0.132. The molecule has 0 aliphatic carbocycles. The molecule has 0 aliphatic rings. The summed E-state index contributed by atoms with van der Waals surface area (Å²) in [6, 6.07) is 4.43. The van der Waals surface area contributed by atoms with Crippen molar-refractivity contribution in [3.63, 3.8) is 0 Å². The molecule has 1 aromatic carbocycles. The molecule has 0 aromatic heterocycles. The van der Waals surface area contributed by atoms with Gasteiger partial charge in [-0.2, -0.15) is 0 Å². The molecule has 0 fully saturated rings. The van der Waals surface area contributed by atoms with Crippen LogP contribution in [-0.4, -0.2) is 11.1 Å². The van der Waals surface area contributed by atoms with E-state index in [2.05, 4.69) is 0 Å². The zero-order valence-electron chi connectivity index (χ0n) is 8.04. The van der Waals surface area contributed by atoms with Crippen LogP contribution in [0.25, 0.3) is 6.08 Å². The zero-order valence-corrected chi connectivity index (χ0v) is 8.04. The van der Waals surface area contributed by atoms with E-state index in [-0.39, 0.29) is 11.4 Å². The van der Waals surface area contributed by atoms with Crippen molar-refractivity contribution in [2.75, 3.05) is 0 Å². The Labute approximate surface area is 81.7 Å². The van der Waals surface area contributed by atoms with Crippen LogP contribution in [0, 0.1) is 12.7 Å². The number of hydrogen-bond donors (Lipinski definition) is 1. The summed E-state index contributed by atoms with van der Waals surface area (Å²) in [7, 11) is 0. The lowest BCUT2D eigenvalue weighted by Crippen LogP contribution is -1.95. The molecule has 0 amide bonds. The molecule has 0 spiro atoms. The summed E-state index contributed by atoms with van der Waals surface area (Å²) < 4.78 is 12.9. The third-order valence-electron chi connectivity index (χ3n) is 1.78. The van der Waals surface area contributed by atoms with Gasteiger partial charge in [-0.3, -0.25) is 0 Å². The van der Waals surface area contributed by atoms with Crippen molar-refractivity contribution in [3.8, 4) is 0 Å². The first-order valence-corrected chi connectivity index (χ1v) is 4.18. The number of benzene rings is 1. The number of aryl methyl sites for hydroxylation is 1. The molecule has 0 heterocycles. The molecular formula is C11H11FO2. The van der Waals surface area contributed by atoms with E-state index in [9.17, 15) is 9.18 Å². The third-order valence-corrected chi connectivity index (χ3v) is 1.78. The number of carboxylic acid groups (broad SMARTS) is 1. The van der Waals surface area contributed by atoms with Crippen molar-refractivity contribution in [2.45, 2.75) is 13.8 Å². The summed E-state index contributed by atoms with van der Waals surface area (Å²) in [6.07, 6.45) is 1.44. The highest BCUT2D eigenvalue weighted by molar-refractivity contribution is 5.91. The second-order valence-corrected chi connectivity index (χ2v) is 3.19. The second kappa shape index (κ2) is 4.05. The highest BCUT2D eigenvalue weighted by atomic mass is 19.1. The Morgan fingerprint density at radius 2 is 2.07 bits per heavy atom. The maximum atomic E-state index is 12.9. The topological polar surface area (TPSA) is 37.3 Å². The Morgan fingerprint density at radius 3 is 2.57 bits per heavy atom. The number of rotatable bonds is 2. The molecule has 1 N–H and O–H groups in total. The summed E-state index contributed by atoms with van der Waals surface area (Å²) in [4.78, 5) is 10.5. The van der Waals surface area contributed by atoms with Crippen LogP contribution < -0.4 is 0 Å². The van der Waals surface area contributed by atoms with Gasteiger partial charge in [0.05, 0.1) is 0 Å². The molecule has 0 aliphatic heterocycles. The molecule has 3 heteroatoms. The molecule has 1 aromatic rings. The SMILES string of the molecule is C/C(=C\c1cc(C)cc(F)c1)C(=O)O. The molecule has 2 nitrogen and oxygen atoms in total. The van der Waals surface area contributed by atoms with Crippen LogP contribution in [0.3, 0.4) is 0 Å². The number of aliphatic carboxylic acids is 1. The van der Waals surface area contributed by atoms with Crippen LogP contribution in [0.2, 0.25) is 0 Å². The van der Waals surface area contributed by atoms with Gasteiger partial charge in [0, 0.05) is 5.57 Å². The number of halogens is 1. The summed E-state index contributed by atoms with van der Waals surface area (Å²) in [5.41, 5.74) is 1.53. The van der Waals surface area contributed by atoms with E-state index in [1.54, 1.807) is 13.0 Å². The fraction of sp³-hybridized carbons (Fsp3) is 0.182. The van der Waals surface area contributed by atoms with Crippen molar-refractivity contribution < 1.29 is 14.3 Å². The van der Waals surface area contributed by atoms with Crippen LogP contribution in [0.1, 0.15) is 18.1 Å². The molecule has 0 saturated heterocycles. The van der Waals surface area contributed by atoms with Gasteiger partial charge in [0.15, 0.2) is 0 Å². The fourth-order valence-corrected chi connectivity index (χ4v) is 1.16. The molecule has 74 valence electrons. The largest absolute Gasteiger partial charge is 0.478 e. The Kier molecular flexibility index (Phi) is 3.02. The van der Waals surface area contributed by atoms with Crippen LogP contribution in [-0.2, 0) is 4.79 Å². The Morgan fingerprint density at radius 1 is 1.43 bits per heavy atom. The minimum atomic E-state index is -0.994. The molecular weight excluding hydrogens is 183 g/mol. The number of carbonyl (C=O) groups is 1. The maximum Gasteiger partial charge on any atom is 0.331 e. The van der Waals surface area contributed by atoms with E-state index in [1.807, 2.05) is 0 Å². The van der Waals surface area contributed by atoms with Gasteiger partial charge in [-0.05, 0) is 43.2 Å². The Balaban J connectivity index is 3.08. The Bertz CT molecular complexity index is 374. The quantitative estimate of drug-likeness (QED) is 0.735. The molecule has 0 unspecified atom stereocenters. The summed E-state index contributed by atoms with van der Waals surface area (Å²) >= 11 is 0. The Hall–Kier alpha value is -1.64. The third kappa shape index (κ3) is 2.69. The van der Waals surface area contributed by atoms with Crippen LogP contribution >= 0.6 is 0 Å². The smallest absolute Gasteiger partial charge is 0.331 e. The van der Waals surface area contributed by atoms with E-state index in [0.717, 1.165) is 5.56 Å². The molecule has 0 bridgehead atoms. The van der Waals surface area contributed by atoms with Gasteiger partial charge in [-0.25, -0.2) is 9.18 Å². The maximum absolute atomic E-state index is 12.9. The monoisotopic (exact) mass is 194 g/mol. The van der Waals surface area contributed by atoms with Crippen molar-refractivity contribution in [1.29, 1.82) is 0 Å². The molecule has 0 atom stereocenters. The fourth-order valence-electron chi connectivity index (χ4n) is 1.16. The highest BCUT2D eigenvalue weighted by Gasteiger charge is 2.01. The van der Waals surface area contributed by atoms with E-state index in [1.165, 1.54) is 25.1 Å². The lowest BCUT2D eigenvalue weighted by atomic mass is 10.1. The van der Waals surface area contributed by atoms with Gasteiger partial charge < -0.3 is 5.11 Å². The molecule has 0 saturated carbocycles. The van der Waals surface area contributed by atoms with Gasteiger partial charge in [-0.15, -0.1) is 0 Å². The van der Waals surface area contributed by atoms with Crippen molar-refractivity contribution >= 4 is 12.0 Å². The van der Waals surface area contributed by atoms with Gasteiger partial charge in [0.1, 0.15) is 5.82 Å². The van der Waals surface area contributed by atoms with Crippen molar-refractivity contribution in [3.05, 3.63) is 40.7 Å². The van der Waals surface area contributed by atoms with Crippen LogP contribution in [0.5, 0.6) is 0 Å². The first-order chi connectivity index (χ1) is 6.49. The first-order valence-electron chi connectivity index (χ1n) is 4.18. The number of hydrogen-bond acceptors (Lipinski definition) is 1. The minimum absolute atomic E-state index is 0.190.